The van der Waals surface area contributed by atoms with Crippen molar-refractivity contribution in [1.29, 1.82) is 0 Å². The normalized spacial score (nSPS) is 24.2. The van der Waals surface area contributed by atoms with Gasteiger partial charge in [-0.2, -0.15) is 0 Å². The predicted octanol–water partition coefficient (Wildman–Crippen LogP) is 2.12. The molecule has 1 aromatic rings. The fourth-order valence-corrected chi connectivity index (χ4v) is 4.30. The third-order valence-corrected chi connectivity index (χ3v) is 5.55. The third-order valence-electron chi connectivity index (χ3n) is 5.55. The molecule has 1 unspecified atom stereocenters. The number of aliphatic hydroxyl groups is 1. The van der Waals surface area contributed by atoms with Crippen LogP contribution in [-0.2, 0) is 4.79 Å². The van der Waals surface area contributed by atoms with Gasteiger partial charge in [0, 0.05) is 44.6 Å². The highest BCUT2D eigenvalue weighted by molar-refractivity contribution is 5.95. The van der Waals surface area contributed by atoms with Gasteiger partial charge in [-0.1, -0.05) is 0 Å². The van der Waals surface area contributed by atoms with E-state index >= 15 is 0 Å². The van der Waals surface area contributed by atoms with E-state index in [1.165, 1.54) is 0 Å². The van der Waals surface area contributed by atoms with E-state index in [1.807, 2.05) is 29.7 Å². The largest absolute Gasteiger partial charge is 0.466 e. The summed E-state index contributed by atoms with van der Waals surface area (Å²) in [4.78, 5) is 28.9. The van der Waals surface area contributed by atoms with Crippen LogP contribution in [0.4, 0.5) is 0 Å². The molecule has 0 radical (unpaired) electrons. The van der Waals surface area contributed by atoms with Crippen LogP contribution in [-0.4, -0.2) is 59.5 Å². The molecule has 2 saturated heterocycles. The SMILES string of the molecule is Cc1cc(C(=O)N2CCCC3(CCC(=O)N(CCCO)C3)C2)c(C)o1. The summed E-state index contributed by atoms with van der Waals surface area (Å²) in [6, 6.07) is 1.82. The standard InChI is InChI=1S/C19H28N2O4/c1-14-11-16(15(2)25-14)18(24)21-8-3-6-19(13-21)7-5-17(23)20(12-19)9-4-10-22/h11,22H,3-10,12-13H2,1-2H3. The van der Waals surface area contributed by atoms with Gasteiger partial charge in [0.2, 0.25) is 5.91 Å². The van der Waals surface area contributed by atoms with E-state index in [4.69, 9.17) is 9.52 Å². The van der Waals surface area contributed by atoms with Crippen molar-refractivity contribution < 1.29 is 19.1 Å². The number of amides is 2. The van der Waals surface area contributed by atoms with E-state index in [1.54, 1.807) is 0 Å². The molecule has 6 heteroatoms. The summed E-state index contributed by atoms with van der Waals surface area (Å²) in [5, 5.41) is 9.05. The minimum Gasteiger partial charge on any atom is -0.466 e. The highest BCUT2D eigenvalue weighted by Gasteiger charge is 2.42. The minimum atomic E-state index is -0.00996. The molecule has 0 bridgehead atoms. The predicted molar refractivity (Wildman–Crippen MR) is 93.3 cm³/mol. The molecule has 3 rings (SSSR count). The Balaban J connectivity index is 1.72. The number of hydrogen-bond acceptors (Lipinski definition) is 4. The molecule has 138 valence electrons. The molecule has 6 nitrogen and oxygen atoms in total. The molecule has 2 aliphatic rings. The second kappa shape index (κ2) is 7.20. The molecule has 2 fully saturated rings. The van der Waals surface area contributed by atoms with E-state index in [-0.39, 0.29) is 23.8 Å². The molecule has 2 aliphatic heterocycles. The Kier molecular flexibility index (Phi) is 5.18. The van der Waals surface area contributed by atoms with E-state index in [0.29, 0.717) is 43.8 Å². The van der Waals surface area contributed by atoms with Crippen LogP contribution >= 0.6 is 0 Å². The number of furan rings is 1. The number of likely N-dealkylation sites (tertiary alicyclic amines) is 2. The molecule has 25 heavy (non-hydrogen) atoms. The van der Waals surface area contributed by atoms with E-state index in [2.05, 4.69) is 0 Å². The van der Waals surface area contributed by atoms with Crippen LogP contribution in [0.25, 0.3) is 0 Å². The molecule has 3 heterocycles. The van der Waals surface area contributed by atoms with Crippen molar-refractivity contribution in [2.24, 2.45) is 5.41 Å². The number of carbonyl (C=O) groups is 2. The van der Waals surface area contributed by atoms with Gasteiger partial charge in [-0.3, -0.25) is 9.59 Å². The highest BCUT2D eigenvalue weighted by atomic mass is 16.3. The molecule has 0 saturated carbocycles. The van der Waals surface area contributed by atoms with Crippen molar-refractivity contribution in [3.8, 4) is 0 Å². The van der Waals surface area contributed by atoms with Gasteiger partial charge >= 0.3 is 0 Å². The van der Waals surface area contributed by atoms with Gasteiger partial charge in [0.25, 0.3) is 5.91 Å². The lowest BCUT2D eigenvalue weighted by Crippen LogP contribution is -2.55. The third kappa shape index (κ3) is 3.73. The van der Waals surface area contributed by atoms with Crippen LogP contribution in [0.15, 0.2) is 10.5 Å². The number of carbonyl (C=O) groups excluding carboxylic acids is 2. The molecule has 1 spiro atoms. The second-order valence-corrected chi connectivity index (χ2v) is 7.55. The average Bonchev–Trinajstić information content (AvgIpc) is 2.94. The molecule has 1 aromatic heterocycles. The van der Waals surface area contributed by atoms with Crippen molar-refractivity contribution >= 4 is 11.8 Å². The molecule has 1 atom stereocenters. The number of aryl methyl sites for hydroxylation is 2. The summed E-state index contributed by atoms with van der Waals surface area (Å²) < 4.78 is 5.51. The first kappa shape index (κ1) is 18.0. The molecule has 2 amide bonds. The molecule has 0 aromatic carbocycles. The summed E-state index contributed by atoms with van der Waals surface area (Å²) in [7, 11) is 0. The summed E-state index contributed by atoms with van der Waals surface area (Å²) in [5.41, 5.74) is 0.641. The van der Waals surface area contributed by atoms with Crippen LogP contribution in [0, 0.1) is 19.3 Å². The monoisotopic (exact) mass is 348 g/mol. The second-order valence-electron chi connectivity index (χ2n) is 7.55. The summed E-state index contributed by atoms with van der Waals surface area (Å²) >= 11 is 0. The fraction of sp³-hybridized carbons (Fsp3) is 0.684. The first-order chi connectivity index (χ1) is 11.9. The lowest BCUT2D eigenvalue weighted by atomic mass is 9.73. The number of nitrogens with zero attached hydrogens (tertiary/aromatic N) is 2. The van der Waals surface area contributed by atoms with Crippen LogP contribution in [0.3, 0.4) is 0 Å². The number of piperidine rings is 2. The van der Waals surface area contributed by atoms with Crippen LogP contribution < -0.4 is 0 Å². The van der Waals surface area contributed by atoms with E-state index in [0.717, 1.165) is 31.6 Å². The topological polar surface area (TPSA) is 74.0 Å². The lowest BCUT2D eigenvalue weighted by molar-refractivity contribution is -0.139. The average molecular weight is 348 g/mol. The maximum atomic E-state index is 12.9. The van der Waals surface area contributed by atoms with Gasteiger partial charge in [-0.25, -0.2) is 0 Å². The zero-order valence-electron chi connectivity index (χ0n) is 15.2. The van der Waals surface area contributed by atoms with Crippen molar-refractivity contribution in [1.82, 2.24) is 9.80 Å². The summed E-state index contributed by atoms with van der Waals surface area (Å²) in [6.45, 7) is 6.53. The highest BCUT2D eigenvalue weighted by Crippen LogP contribution is 2.39. The molecular formula is C19H28N2O4. The zero-order chi connectivity index (χ0) is 18.0. The van der Waals surface area contributed by atoms with E-state index < -0.39 is 0 Å². The molecule has 1 N–H and O–H groups in total. The van der Waals surface area contributed by atoms with Crippen molar-refractivity contribution in [3.63, 3.8) is 0 Å². The van der Waals surface area contributed by atoms with Gasteiger partial charge in [0.1, 0.15) is 11.5 Å². The van der Waals surface area contributed by atoms with Crippen LogP contribution in [0.5, 0.6) is 0 Å². The number of hydrogen-bond donors (Lipinski definition) is 1. The Morgan fingerprint density at radius 1 is 1.32 bits per heavy atom. The maximum absolute atomic E-state index is 12.9. The fourth-order valence-electron chi connectivity index (χ4n) is 4.30. The van der Waals surface area contributed by atoms with Crippen molar-refractivity contribution in [3.05, 3.63) is 23.2 Å². The van der Waals surface area contributed by atoms with Crippen molar-refractivity contribution in [2.75, 3.05) is 32.8 Å². The first-order valence-corrected chi connectivity index (χ1v) is 9.19. The van der Waals surface area contributed by atoms with Gasteiger partial charge in [0.15, 0.2) is 0 Å². The maximum Gasteiger partial charge on any atom is 0.257 e. The molecule has 0 aliphatic carbocycles. The van der Waals surface area contributed by atoms with Gasteiger partial charge < -0.3 is 19.3 Å². The number of aliphatic hydroxyl groups excluding tert-OH is 1. The van der Waals surface area contributed by atoms with Gasteiger partial charge in [-0.05, 0) is 45.6 Å². The Morgan fingerprint density at radius 2 is 2.12 bits per heavy atom. The minimum absolute atomic E-state index is 0.00996. The first-order valence-electron chi connectivity index (χ1n) is 9.19. The van der Waals surface area contributed by atoms with Crippen molar-refractivity contribution in [2.45, 2.75) is 46.0 Å². The Labute approximate surface area is 148 Å². The smallest absolute Gasteiger partial charge is 0.257 e. The quantitative estimate of drug-likeness (QED) is 0.904. The lowest BCUT2D eigenvalue weighted by Gasteiger charge is -2.48. The summed E-state index contributed by atoms with van der Waals surface area (Å²) in [5.74, 6) is 1.63. The van der Waals surface area contributed by atoms with Crippen LogP contribution in [0.2, 0.25) is 0 Å². The molecular weight excluding hydrogens is 320 g/mol. The Hall–Kier alpha value is -1.82. The Bertz CT molecular complexity index is 654. The Morgan fingerprint density at radius 3 is 2.80 bits per heavy atom. The summed E-state index contributed by atoms with van der Waals surface area (Å²) in [6.07, 6.45) is 4.00. The van der Waals surface area contributed by atoms with Gasteiger partial charge in [0.05, 0.1) is 5.56 Å². The van der Waals surface area contributed by atoms with E-state index in [9.17, 15) is 9.59 Å². The van der Waals surface area contributed by atoms with Crippen LogP contribution in [0.1, 0.15) is 54.0 Å². The van der Waals surface area contributed by atoms with Gasteiger partial charge in [-0.15, -0.1) is 0 Å². The zero-order valence-corrected chi connectivity index (χ0v) is 15.2. The number of rotatable bonds is 4.